The van der Waals surface area contributed by atoms with E-state index >= 15 is 0 Å². The lowest BCUT2D eigenvalue weighted by molar-refractivity contribution is 0.603. The van der Waals surface area contributed by atoms with Crippen LogP contribution in [-0.4, -0.2) is 23.4 Å². The minimum Gasteiger partial charge on any atom is -0.263 e. The Morgan fingerprint density at radius 1 is 1.04 bits per heavy atom. The number of nitrogens with one attached hydrogen (secondary N) is 1. The molecule has 0 aliphatic rings. The number of aromatic nitrogens is 3. The van der Waals surface area contributed by atoms with E-state index in [1.807, 2.05) is 32.0 Å². The zero-order valence-electron chi connectivity index (χ0n) is 13.2. The van der Waals surface area contributed by atoms with Crippen LogP contribution in [-0.2, 0) is 10.0 Å². The highest BCUT2D eigenvalue weighted by Crippen LogP contribution is 2.30. The molecule has 0 aromatic carbocycles. The zero-order valence-corrected chi connectivity index (χ0v) is 14.8. The van der Waals surface area contributed by atoms with Crippen LogP contribution in [0.3, 0.4) is 0 Å². The van der Waals surface area contributed by atoms with E-state index in [9.17, 15) is 8.42 Å². The molecule has 124 valence electrons. The fourth-order valence-electron chi connectivity index (χ4n) is 2.01. The minimum atomic E-state index is -3.69. The largest absolute Gasteiger partial charge is 0.272 e. The molecule has 0 aliphatic heterocycles. The first-order valence-electron chi connectivity index (χ1n) is 7.33. The highest BCUT2D eigenvalue weighted by Gasteiger charge is 2.19. The summed E-state index contributed by atoms with van der Waals surface area (Å²) in [6, 6.07) is 10.4. The molecule has 0 saturated heterocycles. The van der Waals surface area contributed by atoms with Crippen LogP contribution in [0.1, 0.15) is 25.6 Å². The predicted molar refractivity (Wildman–Crippen MR) is 94.5 cm³/mol. The molecule has 3 aromatic heterocycles. The summed E-state index contributed by atoms with van der Waals surface area (Å²) in [5, 5.41) is 0. The first kappa shape index (κ1) is 16.5. The van der Waals surface area contributed by atoms with Crippen molar-refractivity contribution < 1.29 is 8.42 Å². The summed E-state index contributed by atoms with van der Waals surface area (Å²) < 4.78 is 27.8. The Balaban J connectivity index is 1.86. The molecule has 0 atom stereocenters. The van der Waals surface area contributed by atoms with Crippen LogP contribution < -0.4 is 4.72 Å². The van der Waals surface area contributed by atoms with Crippen molar-refractivity contribution in [2.45, 2.75) is 24.0 Å². The first-order valence-corrected chi connectivity index (χ1v) is 9.63. The van der Waals surface area contributed by atoms with E-state index in [2.05, 4.69) is 19.7 Å². The van der Waals surface area contributed by atoms with Gasteiger partial charge in [0.1, 0.15) is 15.9 Å². The number of hydrogen-bond donors (Lipinski definition) is 1. The smallest absolute Gasteiger partial charge is 0.263 e. The molecule has 8 heteroatoms. The Bertz CT molecular complexity index is 937. The Labute approximate surface area is 144 Å². The van der Waals surface area contributed by atoms with Gasteiger partial charge in [-0.15, -0.1) is 11.3 Å². The van der Waals surface area contributed by atoms with E-state index in [4.69, 9.17) is 0 Å². The molecule has 0 spiro atoms. The van der Waals surface area contributed by atoms with Crippen molar-refractivity contribution in [2.24, 2.45) is 0 Å². The standard InChI is InChI=1S/C16H16N4O2S2/c1-11(2)16-18-10-8-14(19-16)20-24(21,22)15-7-6-13(23-15)12-5-3-4-9-17-12/h3-11H,1-2H3,(H,18,19,20). The van der Waals surface area contributed by atoms with E-state index in [1.54, 1.807) is 24.5 Å². The molecule has 24 heavy (non-hydrogen) atoms. The molecule has 0 radical (unpaired) electrons. The Kier molecular flexibility index (Phi) is 4.59. The summed E-state index contributed by atoms with van der Waals surface area (Å²) in [4.78, 5) is 13.4. The molecule has 3 aromatic rings. The van der Waals surface area contributed by atoms with Crippen LogP contribution in [0.25, 0.3) is 10.6 Å². The second kappa shape index (κ2) is 6.66. The normalized spacial score (nSPS) is 11.6. The van der Waals surface area contributed by atoms with Gasteiger partial charge in [-0.1, -0.05) is 19.9 Å². The fraction of sp³-hybridized carbons (Fsp3) is 0.188. The van der Waals surface area contributed by atoms with Gasteiger partial charge in [0.25, 0.3) is 10.0 Å². The van der Waals surface area contributed by atoms with E-state index in [0.717, 1.165) is 10.6 Å². The molecule has 0 amide bonds. The van der Waals surface area contributed by atoms with Crippen molar-refractivity contribution in [3.63, 3.8) is 0 Å². The third-order valence-electron chi connectivity index (χ3n) is 3.19. The summed E-state index contributed by atoms with van der Waals surface area (Å²) in [5.41, 5.74) is 0.744. The molecule has 3 rings (SSSR count). The summed E-state index contributed by atoms with van der Waals surface area (Å²) in [7, 11) is -3.69. The number of rotatable bonds is 5. The summed E-state index contributed by atoms with van der Waals surface area (Å²) in [5.74, 6) is 0.976. The van der Waals surface area contributed by atoms with Gasteiger partial charge >= 0.3 is 0 Å². The Morgan fingerprint density at radius 3 is 2.58 bits per heavy atom. The average molecular weight is 360 g/mol. The van der Waals surface area contributed by atoms with Gasteiger partial charge in [-0.25, -0.2) is 18.4 Å². The lowest BCUT2D eigenvalue weighted by Crippen LogP contribution is -2.13. The SMILES string of the molecule is CC(C)c1nccc(NS(=O)(=O)c2ccc(-c3ccccn3)s2)n1. The van der Waals surface area contributed by atoms with Gasteiger partial charge < -0.3 is 0 Å². The molecule has 0 bridgehead atoms. The first-order chi connectivity index (χ1) is 11.5. The number of nitrogens with zero attached hydrogens (tertiary/aromatic N) is 3. The van der Waals surface area contributed by atoms with Gasteiger partial charge in [0.05, 0.1) is 10.6 Å². The monoisotopic (exact) mass is 360 g/mol. The lowest BCUT2D eigenvalue weighted by atomic mass is 10.2. The van der Waals surface area contributed by atoms with Gasteiger partial charge in [0.2, 0.25) is 0 Å². The molecule has 3 heterocycles. The van der Waals surface area contributed by atoms with E-state index in [1.165, 1.54) is 17.4 Å². The van der Waals surface area contributed by atoms with Crippen molar-refractivity contribution in [1.29, 1.82) is 0 Å². The number of anilines is 1. The molecule has 1 N–H and O–H groups in total. The zero-order chi connectivity index (χ0) is 17.2. The molecule has 0 aliphatic carbocycles. The van der Waals surface area contributed by atoms with Crippen LogP contribution in [0.15, 0.2) is 53.0 Å². The van der Waals surface area contributed by atoms with Crippen molar-refractivity contribution in [3.8, 4) is 10.6 Å². The summed E-state index contributed by atoms with van der Waals surface area (Å²) in [6.07, 6.45) is 3.23. The van der Waals surface area contributed by atoms with Gasteiger partial charge in [0.15, 0.2) is 0 Å². The van der Waals surface area contributed by atoms with Crippen molar-refractivity contribution in [1.82, 2.24) is 15.0 Å². The van der Waals surface area contributed by atoms with E-state index in [0.29, 0.717) is 5.82 Å². The number of sulfonamides is 1. The van der Waals surface area contributed by atoms with Crippen LogP contribution in [0.5, 0.6) is 0 Å². The number of pyridine rings is 1. The molecular formula is C16H16N4O2S2. The predicted octanol–water partition coefficient (Wildman–Crippen LogP) is 3.52. The quantitative estimate of drug-likeness (QED) is 0.752. The van der Waals surface area contributed by atoms with Gasteiger partial charge in [-0.2, -0.15) is 0 Å². The second-order valence-corrected chi connectivity index (χ2v) is 8.39. The number of thiophene rings is 1. The lowest BCUT2D eigenvalue weighted by Gasteiger charge is -2.08. The van der Waals surface area contributed by atoms with Crippen LogP contribution in [0, 0.1) is 0 Å². The number of hydrogen-bond acceptors (Lipinski definition) is 6. The molecule has 6 nitrogen and oxygen atoms in total. The van der Waals surface area contributed by atoms with Gasteiger partial charge in [0, 0.05) is 18.3 Å². The molecule has 0 fully saturated rings. The van der Waals surface area contributed by atoms with E-state index in [-0.39, 0.29) is 15.9 Å². The highest BCUT2D eigenvalue weighted by atomic mass is 32.2. The van der Waals surface area contributed by atoms with Crippen LogP contribution in [0.4, 0.5) is 5.82 Å². The van der Waals surface area contributed by atoms with Crippen molar-refractivity contribution in [3.05, 3.63) is 54.6 Å². The third-order valence-corrected chi connectivity index (χ3v) is 6.15. The Morgan fingerprint density at radius 2 is 1.88 bits per heavy atom. The second-order valence-electron chi connectivity index (χ2n) is 5.39. The van der Waals surface area contributed by atoms with E-state index < -0.39 is 10.0 Å². The minimum absolute atomic E-state index is 0.118. The van der Waals surface area contributed by atoms with Gasteiger partial charge in [-0.05, 0) is 30.3 Å². The highest BCUT2D eigenvalue weighted by molar-refractivity contribution is 7.94. The molecule has 0 saturated carbocycles. The maximum Gasteiger partial charge on any atom is 0.272 e. The maximum atomic E-state index is 12.5. The average Bonchev–Trinajstić information content (AvgIpc) is 3.06. The third kappa shape index (κ3) is 3.60. The topological polar surface area (TPSA) is 84.8 Å². The van der Waals surface area contributed by atoms with Gasteiger partial charge in [-0.3, -0.25) is 9.71 Å². The molecule has 0 unspecified atom stereocenters. The van der Waals surface area contributed by atoms with Crippen molar-refractivity contribution in [2.75, 3.05) is 4.72 Å². The van der Waals surface area contributed by atoms with Crippen molar-refractivity contribution >= 4 is 27.2 Å². The van der Waals surface area contributed by atoms with Crippen LogP contribution in [0.2, 0.25) is 0 Å². The summed E-state index contributed by atoms with van der Waals surface area (Å²) >= 11 is 1.17. The Hall–Kier alpha value is -2.32. The van der Waals surface area contributed by atoms with Crippen LogP contribution >= 0.6 is 11.3 Å². The fourth-order valence-corrected chi connectivity index (χ4v) is 4.29. The maximum absolute atomic E-state index is 12.5. The molecular weight excluding hydrogens is 344 g/mol. The summed E-state index contributed by atoms with van der Waals surface area (Å²) in [6.45, 7) is 3.90.